The number of aliphatic hydroxyl groups excluding tert-OH is 1. The Balaban J connectivity index is 2.20. The van der Waals surface area contributed by atoms with Gasteiger partial charge in [-0.2, -0.15) is 0 Å². The quantitative estimate of drug-likeness (QED) is 0.519. The van der Waals surface area contributed by atoms with E-state index in [1.807, 2.05) is 38.1 Å². The average molecular weight is 449 g/mol. The number of carbonyl (C=O) groups excluding carboxylic acids is 3. The second-order valence-electron chi connectivity index (χ2n) is 8.09. The van der Waals surface area contributed by atoms with Crippen LogP contribution in [-0.2, 0) is 20.8 Å². The van der Waals surface area contributed by atoms with Gasteiger partial charge in [0.2, 0.25) is 17.7 Å². The maximum atomic E-state index is 13.2. The number of benzene rings is 1. The standard InChI is InChI=1S/C23H36N4O5/c1-4-16(2)21-23(31)27(3)18(15-28)22(30)26-14-20(29)24-11-7-9-17-8-5-6-10-19(17)32-13-12-25-21/h5-6,8,10,16,18,21,25,28H,4,7,9,11-15H2,1-3H3,(H,24,29)(H,26,30). The van der Waals surface area contributed by atoms with Crippen molar-refractivity contribution >= 4 is 17.7 Å². The topological polar surface area (TPSA) is 120 Å². The highest BCUT2D eigenvalue weighted by Crippen LogP contribution is 2.19. The van der Waals surface area contributed by atoms with Crippen LogP contribution in [0.2, 0.25) is 0 Å². The van der Waals surface area contributed by atoms with E-state index in [-0.39, 0.29) is 24.3 Å². The normalized spacial score (nSPS) is 23.1. The van der Waals surface area contributed by atoms with Crippen molar-refractivity contribution < 1.29 is 24.2 Å². The third kappa shape index (κ3) is 7.20. The number of rotatable bonds is 3. The van der Waals surface area contributed by atoms with Crippen LogP contribution in [0.25, 0.3) is 0 Å². The Labute approximate surface area is 189 Å². The number of hydrogen-bond donors (Lipinski definition) is 4. The molecule has 9 nitrogen and oxygen atoms in total. The number of aliphatic hydroxyl groups is 1. The molecule has 3 atom stereocenters. The molecule has 9 heteroatoms. The fraction of sp³-hybridized carbons (Fsp3) is 0.609. The van der Waals surface area contributed by atoms with Gasteiger partial charge in [0.1, 0.15) is 18.4 Å². The predicted octanol–water partition coefficient (Wildman–Crippen LogP) is 0.0676. The van der Waals surface area contributed by atoms with Crippen molar-refractivity contribution in [3.8, 4) is 5.75 Å². The minimum Gasteiger partial charge on any atom is -0.492 e. The fourth-order valence-electron chi connectivity index (χ4n) is 3.60. The van der Waals surface area contributed by atoms with Crippen molar-refractivity contribution in [1.82, 2.24) is 20.9 Å². The Morgan fingerprint density at radius 1 is 1.19 bits per heavy atom. The Morgan fingerprint density at radius 2 is 1.94 bits per heavy atom. The van der Waals surface area contributed by atoms with Crippen LogP contribution in [0, 0.1) is 5.92 Å². The van der Waals surface area contributed by atoms with E-state index in [4.69, 9.17) is 4.74 Å². The van der Waals surface area contributed by atoms with Crippen LogP contribution in [0.3, 0.4) is 0 Å². The molecule has 0 bridgehead atoms. The molecule has 1 aliphatic heterocycles. The maximum Gasteiger partial charge on any atom is 0.245 e. The van der Waals surface area contributed by atoms with Crippen LogP contribution in [0.15, 0.2) is 24.3 Å². The number of carbonyl (C=O) groups is 3. The first-order chi connectivity index (χ1) is 15.4. The summed E-state index contributed by atoms with van der Waals surface area (Å²) in [7, 11) is 1.49. The van der Waals surface area contributed by atoms with E-state index in [2.05, 4.69) is 16.0 Å². The molecule has 3 amide bonds. The first-order valence-corrected chi connectivity index (χ1v) is 11.2. The van der Waals surface area contributed by atoms with E-state index < -0.39 is 24.6 Å². The molecule has 0 aliphatic carbocycles. The van der Waals surface area contributed by atoms with Gasteiger partial charge in [-0.25, -0.2) is 0 Å². The molecule has 0 saturated carbocycles. The van der Waals surface area contributed by atoms with Gasteiger partial charge in [-0.1, -0.05) is 38.5 Å². The van der Waals surface area contributed by atoms with Gasteiger partial charge in [0.25, 0.3) is 0 Å². The summed E-state index contributed by atoms with van der Waals surface area (Å²) in [5, 5.41) is 18.3. The molecule has 1 aromatic rings. The largest absolute Gasteiger partial charge is 0.492 e. The highest BCUT2D eigenvalue weighted by atomic mass is 16.5. The van der Waals surface area contributed by atoms with Crippen LogP contribution in [0.4, 0.5) is 0 Å². The van der Waals surface area contributed by atoms with E-state index in [1.54, 1.807) is 0 Å². The molecule has 0 spiro atoms. The van der Waals surface area contributed by atoms with Crippen molar-refractivity contribution in [2.45, 2.75) is 45.2 Å². The lowest BCUT2D eigenvalue weighted by Crippen LogP contribution is -2.57. The van der Waals surface area contributed by atoms with Crippen molar-refractivity contribution in [1.29, 1.82) is 0 Å². The number of nitrogens with zero attached hydrogens (tertiary/aromatic N) is 1. The third-order valence-electron chi connectivity index (χ3n) is 5.83. The molecule has 0 saturated heterocycles. The number of ether oxygens (including phenoxy) is 1. The molecule has 0 fully saturated rings. The zero-order valence-corrected chi connectivity index (χ0v) is 19.2. The van der Waals surface area contributed by atoms with Crippen molar-refractivity contribution in [3.63, 3.8) is 0 Å². The Kier molecular flexibility index (Phi) is 10.4. The summed E-state index contributed by atoms with van der Waals surface area (Å²) < 4.78 is 5.96. The van der Waals surface area contributed by atoms with Crippen LogP contribution in [-0.4, -0.2) is 79.7 Å². The van der Waals surface area contributed by atoms with Gasteiger partial charge in [0, 0.05) is 20.1 Å². The van der Waals surface area contributed by atoms with Gasteiger partial charge in [0.05, 0.1) is 19.2 Å². The maximum absolute atomic E-state index is 13.2. The molecule has 4 N–H and O–H groups in total. The Bertz CT molecular complexity index is 773. The third-order valence-corrected chi connectivity index (χ3v) is 5.83. The predicted molar refractivity (Wildman–Crippen MR) is 121 cm³/mol. The van der Waals surface area contributed by atoms with Crippen molar-refractivity contribution in [3.05, 3.63) is 29.8 Å². The minimum atomic E-state index is -1.08. The minimum absolute atomic E-state index is 0.0102. The summed E-state index contributed by atoms with van der Waals surface area (Å²) in [6.07, 6.45) is 2.23. The Hall–Kier alpha value is -2.65. The molecule has 1 aliphatic rings. The monoisotopic (exact) mass is 448 g/mol. The lowest BCUT2D eigenvalue weighted by molar-refractivity contribution is -0.143. The molecular weight excluding hydrogens is 412 g/mol. The summed E-state index contributed by atoms with van der Waals surface area (Å²) in [6, 6.07) is 6.17. The molecule has 0 radical (unpaired) electrons. The van der Waals surface area contributed by atoms with Gasteiger partial charge in [0.15, 0.2) is 0 Å². The summed E-state index contributed by atoms with van der Waals surface area (Å²) >= 11 is 0. The van der Waals surface area contributed by atoms with Gasteiger partial charge < -0.3 is 30.7 Å². The zero-order chi connectivity index (χ0) is 23.5. The molecule has 3 unspecified atom stereocenters. The van der Waals surface area contributed by atoms with Crippen LogP contribution < -0.4 is 20.7 Å². The number of para-hydroxylation sites is 1. The second-order valence-corrected chi connectivity index (χ2v) is 8.09. The number of amides is 3. The van der Waals surface area contributed by atoms with Crippen LogP contribution in [0.5, 0.6) is 5.75 Å². The number of nitrogens with one attached hydrogen (secondary N) is 3. The first-order valence-electron chi connectivity index (χ1n) is 11.2. The van der Waals surface area contributed by atoms with Crippen molar-refractivity contribution in [2.24, 2.45) is 5.92 Å². The molecule has 32 heavy (non-hydrogen) atoms. The highest BCUT2D eigenvalue weighted by molar-refractivity contribution is 5.92. The van der Waals surface area contributed by atoms with Crippen LogP contribution >= 0.6 is 0 Å². The van der Waals surface area contributed by atoms with Gasteiger partial charge in [-0.05, 0) is 30.4 Å². The molecular formula is C23H36N4O5. The van der Waals surface area contributed by atoms with Crippen molar-refractivity contribution in [2.75, 3.05) is 39.9 Å². The van der Waals surface area contributed by atoms with Gasteiger partial charge in [-0.3, -0.25) is 14.4 Å². The molecule has 2 rings (SSSR count). The number of fused-ring (bicyclic) bond motifs is 1. The summed E-state index contributed by atoms with van der Waals surface area (Å²) in [5.74, 6) is -0.387. The van der Waals surface area contributed by atoms with Crippen LogP contribution in [0.1, 0.15) is 32.3 Å². The highest BCUT2D eigenvalue weighted by Gasteiger charge is 2.33. The number of hydrogen-bond acceptors (Lipinski definition) is 6. The average Bonchev–Trinajstić information content (AvgIpc) is 2.80. The van der Waals surface area contributed by atoms with E-state index in [1.165, 1.54) is 11.9 Å². The van der Waals surface area contributed by atoms with E-state index in [0.29, 0.717) is 19.7 Å². The lowest BCUT2D eigenvalue weighted by Gasteiger charge is -2.32. The molecule has 0 aromatic heterocycles. The molecule has 178 valence electrons. The van der Waals surface area contributed by atoms with E-state index in [9.17, 15) is 19.5 Å². The second kappa shape index (κ2) is 13.0. The summed E-state index contributed by atoms with van der Waals surface area (Å²) in [4.78, 5) is 39.0. The SMILES string of the molecule is CCC(C)C1NCCOc2ccccc2CCCNC(=O)CNC(=O)C(CO)N(C)C1=O. The fourth-order valence-corrected chi connectivity index (χ4v) is 3.60. The first kappa shape index (κ1) is 25.6. The molecule has 1 heterocycles. The van der Waals surface area contributed by atoms with Gasteiger partial charge in [-0.15, -0.1) is 0 Å². The number of aryl methyl sites for hydroxylation is 1. The zero-order valence-electron chi connectivity index (χ0n) is 19.2. The van der Waals surface area contributed by atoms with E-state index in [0.717, 1.165) is 30.6 Å². The smallest absolute Gasteiger partial charge is 0.245 e. The number of likely N-dealkylation sites (N-methyl/N-ethyl adjacent to an activating group) is 1. The van der Waals surface area contributed by atoms with E-state index >= 15 is 0 Å². The van der Waals surface area contributed by atoms with Gasteiger partial charge >= 0.3 is 0 Å². The summed E-state index contributed by atoms with van der Waals surface area (Å²) in [5.41, 5.74) is 1.05. The molecule has 1 aromatic carbocycles. The summed E-state index contributed by atoms with van der Waals surface area (Å²) in [6.45, 7) is 4.49. The lowest BCUT2D eigenvalue weighted by atomic mass is 9.97. The Morgan fingerprint density at radius 3 is 2.66 bits per heavy atom.